The summed E-state index contributed by atoms with van der Waals surface area (Å²) in [7, 11) is -3.73. The minimum Gasteiger partial charge on any atom is -0.376 e. The zero-order chi connectivity index (χ0) is 25.4. The van der Waals surface area contributed by atoms with Crippen LogP contribution in [0.4, 0.5) is 9.52 Å². The number of piperidine rings is 1. The molecule has 2 aliphatic heterocycles. The Morgan fingerprint density at radius 1 is 1.17 bits per heavy atom. The van der Waals surface area contributed by atoms with Crippen LogP contribution in [0, 0.1) is 25.6 Å². The van der Waals surface area contributed by atoms with Gasteiger partial charge >= 0.3 is 0 Å². The van der Waals surface area contributed by atoms with E-state index in [0.717, 1.165) is 46.3 Å². The lowest BCUT2D eigenvalue weighted by Gasteiger charge is -2.33. The van der Waals surface area contributed by atoms with Gasteiger partial charge in [-0.15, -0.1) is 0 Å². The topological polar surface area (TPSA) is 79.8 Å². The first-order valence-electron chi connectivity index (χ1n) is 12.3. The molecule has 3 heterocycles. The van der Waals surface area contributed by atoms with E-state index in [0.29, 0.717) is 31.1 Å². The van der Waals surface area contributed by atoms with Crippen LogP contribution in [0.25, 0.3) is 10.2 Å². The lowest BCUT2D eigenvalue weighted by atomic mass is 9.96. The Kier molecular flexibility index (Phi) is 7.13. The highest BCUT2D eigenvalue weighted by atomic mass is 32.2. The third-order valence-corrected chi connectivity index (χ3v) is 9.92. The molecule has 0 saturated carbocycles. The Morgan fingerprint density at radius 2 is 1.89 bits per heavy atom. The van der Waals surface area contributed by atoms with Crippen molar-refractivity contribution in [2.24, 2.45) is 5.92 Å². The Labute approximate surface area is 214 Å². The zero-order valence-corrected chi connectivity index (χ0v) is 22.1. The molecular formula is C26H30FN3O4S2. The largest absolute Gasteiger partial charge is 0.376 e. The molecule has 7 nitrogen and oxygen atoms in total. The van der Waals surface area contributed by atoms with Gasteiger partial charge in [-0.3, -0.25) is 9.69 Å². The van der Waals surface area contributed by atoms with Crippen molar-refractivity contribution >= 4 is 42.6 Å². The summed E-state index contributed by atoms with van der Waals surface area (Å²) in [5.41, 5.74) is 3.14. The number of amides is 1. The van der Waals surface area contributed by atoms with E-state index < -0.39 is 15.8 Å². The highest BCUT2D eigenvalue weighted by molar-refractivity contribution is 7.89. The van der Waals surface area contributed by atoms with Gasteiger partial charge in [-0.05, 0) is 81.0 Å². The Morgan fingerprint density at radius 3 is 2.56 bits per heavy atom. The molecule has 2 aliphatic rings. The molecular weight excluding hydrogens is 501 g/mol. The molecule has 0 N–H and O–H groups in total. The zero-order valence-electron chi connectivity index (χ0n) is 20.4. The molecule has 0 aliphatic carbocycles. The smallest absolute Gasteiger partial charge is 0.243 e. The van der Waals surface area contributed by atoms with Gasteiger partial charge < -0.3 is 4.74 Å². The maximum atomic E-state index is 13.8. The molecule has 0 radical (unpaired) electrons. The Hall–Kier alpha value is -2.40. The van der Waals surface area contributed by atoms with Crippen molar-refractivity contribution in [1.82, 2.24) is 9.29 Å². The molecule has 1 aromatic heterocycles. The fourth-order valence-corrected chi connectivity index (χ4v) is 7.67. The molecule has 1 unspecified atom stereocenters. The van der Waals surface area contributed by atoms with Gasteiger partial charge in [-0.25, -0.2) is 17.8 Å². The maximum absolute atomic E-state index is 13.8. The fraction of sp³-hybridized carbons (Fsp3) is 0.462. The molecule has 192 valence electrons. The van der Waals surface area contributed by atoms with Gasteiger partial charge in [-0.2, -0.15) is 4.31 Å². The van der Waals surface area contributed by atoms with Crippen molar-refractivity contribution in [2.75, 3.05) is 31.1 Å². The predicted octanol–water partition coefficient (Wildman–Crippen LogP) is 4.67. The first-order valence-corrected chi connectivity index (χ1v) is 14.5. The van der Waals surface area contributed by atoms with Crippen LogP contribution in [-0.2, 0) is 19.6 Å². The number of sulfonamides is 1. The highest BCUT2D eigenvalue weighted by Crippen LogP contribution is 2.34. The maximum Gasteiger partial charge on any atom is 0.243 e. The number of thiazole rings is 1. The molecule has 2 fully saturated rings. The van der Waals surface area contributed by atoms with Crippen molar-refractivity contribution in [1.29, 1.82) is 0 Å². The summed E-state index contributed by atoms with van der Waals surface area (Å²) < 4.78 is 47.6. The lowest BCUT2D eigenvalue weighted by molar-refractivity contribution is -0.123. The van der Waals surface area contributed by atoms with Crippen LogP contribution < -0.4 is 4.90 Å². The molecule has 10 heteroatoms. The van der Waals surface area contributed by atoms with E-state index >= 15 is 0 Å². The predicted molar refractivity (Wildman–Crippen MR) is 138 cm³/mol. The number of aromatic nitrogens is 1. The third-order valence-electron chi connectivity index (χ3n) is 6.98. The molecule has 1 amide bonds. The lowest BCUT2D eigenvalue weighted by Crippen LogP contribution is -2.46. The van der Waals surface area contributed by atoms with Crippen LogP contribution in [0.5, 0.6) is 0 Å². The van der Waals surface area contributed by atoms with Gasteiger partial charge in [-0.1, -0.05) is 17.4 Å². The van der Waals surface area contributed by atoms with Gasteiger partial charge in [0, 0.05) is 25.6 Å². The number of anilines is 1. The number of fused-ring (bicyclic) bond motifs is 1. The van der Waals surface area contributed by atoms with E-state index in [-0.39, 0.29) is 35.9 Å². The average molecular weight is 532 g/mol. The van der Waals surface area contributed by atoms with E-state index in [1.54, 1.807) is 4.90 Å². The number of hydrogen-bond donors (Lipinski definition) is 0. The molecule has 0 spiro atoms. The molecule has 1 atom stereocenters. The second-order valence-corrected chi connectivity index (χ2v) is 12.6. The number of nitrogens with zero attached hydrogens (tertiary/aromatic N) is 3. The Balaban J connectivity index is 1.35. The fourth-order valence-electron chi connectivity index (χ4n) is 5.05. The molecule has 2 saturated heterocycles. The molecule has 2 aromatic carbocycles. The van der Waals surface area contributed by atoms with E-state index in [1.165, 1.54) is 27.8 Å². The summed E-state index contributed by atoms with van der Waals surface area (Å²) in [5.74, 6) is -0.816. The van der Waals surface area contributed by atoms with Crippen LogP contribution in [0.3, 0.4) is 0 Å². The van der Waals surface area contributed by atoms with Crippen molar-refractivity contribution < 1.29 is 22.3 Å². The third kappa shape index (κ3) is 5.04. The number of rotatable bonds is 6. The quantitative estimate of drug-likeness (QED) is 0.462. The van der Waals surface area contributed by atoms with Crippen molar-refractivity contribution in [3.8, 4) is 0 Å². The van der Waals surface area contributed by atoms with Crippen LogP contribution in [-0.4, -0.2) is 56.0 Å². The van der Waals surface area contributed by atoms with Crippen LogP contribution in [0.1, 0.15) is 36.8 Å². The number of halogens is 1. The number of hydrogen-bond acceptors (Lipinski definition) is 6. The minimum absolute atomic E-state index is 0.0252. The number of aryl methyl sites for hydroxylation is 2. The number of ether oxygens (including phenoxy) is 1. The van der Waals surface area contributed by atoms with Crippen molar-refractivity contribution in [3.63, 3.8) is 0 Å². The van der Waals surface area contributed by atoms with E-state index in [9.17, 15) is 17.6 Å². The molecule has 36 heavy (non-hydrogen) atoms. The van der Waals surface area contributed by atoms with Crippen LogP contribution in [0.15, 0.2) is 41.3 Å². The first kappa shape index (κ1) is 25.3. The van der Waals surface area contributed by atoms with Gasteiger partial charge in [0.25, 0.3) is 0 Å². The molecule has 5 rings (SSSR count). The summed E-state index contributed by atoms with van der Waals surface area (Å²) in [4.78, 5) is 20.5. The van der Waals surface area contributed by atoms with Gasteiger partial charge in [0.05, 0.1) is 27.8 Å². The standard InChI is InChI=1S/C26H30FN3O4S2/c1-17-14-18(2)24-23(15-17)35-26(28-24)30(16-21-4-3-13-34-21)25(31)19-9-11-29(12-10-19)36(32,33)22-7-5-20(27)6-8-22/h5-8,14-15,19,21H,3-4,9-13,16H2,1-2H3. The second-order valence-electron chi connectivity index (χ2n) is 9.64. The number of benzene rings is 2. The molecule has 0 bridgehead atoms. The molecule has 3 aromatic rings. The second kappa shape index (κ2) is 10.2. The minimum atomic E-state index is -3.73. The van der Waals surface area contributed by atoms with E-state index in [2.05, 4.69) is 19.1 Å². The van der Waals surface area contributed by atoms with E-state index in [4.69, 9.17) is 9.72 Å². The SMILES string of the molecule is Cc1cc(C)c2nc(N(CC3CCCO3)C(=O)C3CCN(S(=O)(=O)c4ccc(F)cc4)CC3)sc2c1. The Bertz CT molecular complexity index is 1360. The van der Waals surface area contributed by atoms with Crippen LogP contribution >= 0.6 is 11.3 Å². The summed E-state index contributed by atoms with van der Waals surface area (Å²) >= 11 is 1.51. The van der Waals surface area contributed by atoms with E-state index in [1.807, 2.05) is 6.92 Å². The van der Waals surface area contributed by atoms with Crippen molar-refractivity contribution in [3.05, 3.63) is 53.3 Å². The number of carbonyl (C=O) groups excluding carboxylic acids is 1. The van der Waals surface area contributed by atoms with Gasteiger partial charge in [0.1, 0.15) is 5.82 Å². The van der Waals surface area contributed by atoms with Gasteiger partial charge in [0.15, 0.2) is 5.13 Å². The average Bonchev–Trinajstić information content (AvgIpc) is 3.52. The number of carbonyl (C=O) groups is 1. The summed E-state index contributed by atoms with van der Waals surface area (Å²) in [6.07, 6.45) is 2.70. The van der Waals surface area contributed by atoms with Crippen LogP contribution in [0.2, 0.25) is 0 Å². The summed E-state index contributed by atoms with van der Waals surface area (Å²) in [6.45, 7) is 5.70. The summed E-state index contributed by atoms with van der Waals surface area (Å²) in [5, 5.41) is 0.667. The highest BCUT2D eigenvalue weighted by Gasteiger charge is 2.36. The first-order chi connectivity index (χ1) is 17.2. The van der Waals surface area contributed by atoms with Crippen molar-refractivity contribution in [2.45, 2.75) is 50.5 Å². The monoisotopic (exact) mass is 531 g/mol. The van der Waals surface area contributed by atoms with Gasteiger partial charge in [0.2, 0.25) is 15.9 Å². The normalized spacial score (nSPS) is 19.7. The summed E-state index contributed by atoms with van der Waals surface area (Å²) in [6, 6.07) is 9.04.